The van der Waals surface area contributed by atoms with Gasteiger partial charge in [0.05, 0.1) is 0 Å². The maximum atomic E-state index is 11.7. The number of hydrogen-bond donors (Lipinski definition) is 3. The van der Waals surface area contributed by atoms with Crippen LogP contribution in [0.2, 0.25) is 0 Å². The van der Waals surface area contributed by atoms with Crippen LogP contribution in [0.5, 0.6) is 0 Å². The zero-order chi connectivity index (χ0) is 15.4. The largest absolute Gasteiger partial charge is 0.336 e. The molecule has 0 heterocycles. The molecule has 1 unspecified atom stereocenters. The van der Waals surface area contributed by atoms with Crippen LogP contribution in [0.15, 0.2) is 30.3 Å². The van der Waals surface area contributed by atoms with Gasteiger partial charge in [0.25, 0.3) is 0 Å². The standard InChI is InChI=1S/C15H24N2O.CH5N/c1-4-8-12(2)16-15(18)17-13(3)11-14-9-6-5-7-10-14;1-2/h5-7,9-10,12-13H,4,8,11H2,1-3H3,(H2,16,17,18);2H2,1H3/t12?,13-;/m1./s1. The predicted molar refractivity (Wildman–Crippen MR) is 85.8 cm³/mol. The number of hydrogen-bond acceptors (Lipinski definition) is 2. The first-order chi connectivity index (χ1) is 9.61. The fourth-order valence-electron chi connectivity index (χ4n) is 2.01. The molecule has 2 atom stereocenters. The molecule has 114 valence electrons. The zero-order valence-corrected chi connectivity index (χ0v) is 13.1. The molecule has 4 heteroatoms. The van der Waals surface area contributed by atoms with Gasteiger partial charge in [0.1, 0.15) is 0 Å². The van der Waals surface area contributed by atoms with Crippen LogP contribution in [-0.2, 0) is 6.42 Å². The van der Waals surface area contributed by atoms with Crippen molar-refractivity contribution in [2.45, 2.75) is 52.1 Å². The summed E-state index contributed by atoms with van der Waals surface area (Å²) >= 11 is 0. The molecule has 0 aliphatic rings. The van der Waals surface area contributed by atoms with E-state index in [1.54, 1.807) is 0 Å². The molecule has 1 aromatic carbocycles. The summed E-state index contributed by atoms with van der Waals surface area (Å²) in [5, 5.41) is 5.92. The first-order valence-corrected chi connectivity index (χ1v) is 7.30. The van der Waals surface area contributed by atoms with Crippen molar-refractivity contribution >= 4 is 6.03 Å². The van der Waals surface area contributed by atoms with E-state index in [1.165, 1.54) is 12.6 Å². The Morgan fingerprint density at radius 2 is 1.65 bits per heavy atom. The Balaban J connectivity index is 0.00000172. The van der Waals surface area contributed by atoms with E-state index in [1.807, 2.05) is 32.0 Å². The SMILES string of the molecule is CCCC(C)NC(=O)N[C@H](C)Cc1ccccc1.CN. The van der Waals surface area contributed by atoms with Crippen LogP contribution in [0.1, 0.15) is 39.2 Å². The Hall–Kier alpha value is -1.55. The fraction of sp³-hybridized carbons (Fsp3) is 0.562. The Morgan fingerprint density at radius 1 is 1.10 bits per heavy atom. The van der Waals surface area contributed by atoms with Crippen molar-refractivity contribution in [2.75, 3.05) is 7.05 Å². The molecule has 0 aliphatic heterocycles. The number of carbonyl (C=O) groups is 1. The molecular weight excluding hydrogens is 250 g/mol. The average molecular weight is 279 g/mol. The minimum absolute atomic E-state index is 0.0700. The van der Waals surface area contributed by atoms with Gasteiger partial charge in [-0.3, -0.25) is 0 Å². The van der Waals surface area contributed by atoms with Crippen molar-refractivity contribution in [2.24, 2.45) is 5.73 Å². The Morgan fingerprint density at radius 3 is 2.20 bits per heavy atom. The quantitative estimate of drug-likeness (QED) is 0.749. The number of rotatable bonds is 6. The molecule has 1 rings (SSSR count). The van der Waals surface area contributed by atoms with E-state index in [0.29, 0.717) is 0 Å². The second-order valence-corrected chi connectivity index (χ2v) is 4.90. The van der Waals surface area contributed by atoms with E-state index in [2.05, 4.69) is 35.4 Å². The van der Waals surface area contributed by atoms with Gasteiger partial charge in [0, 0.05) is 12.1 Å². The molecule has 0 saturated heterocycles. The van der Waals surface area contributed by atoms with Crippen LogP contribution in [0.25, 0.3) is 0 Å². The minimum Gasteiger partial charge on any atom is -0.336 e. The third kappa shape index (κ3) is 8.53. The molecule has 20 heavy (non-hydrogen) atoms. The van der Waals surface area contributed by atoms with Crippen molar-refractivity contribution in [3.8, 4) is 0 Å². The van der Waals surface area contributed by atoms with Crippen LogP contribution < -0.4 is 16.4 Å². The van der Waals surface area contributed by atoms with Gasteiger partial charge < -0.3 is 16.4 Å². The van der Waals surface area contributed by atoms with Crippen molar-refractivity contribution in [3.05, 3.63) is 35.9 Å². The molecule has 1 aromatic rings. The highest BCUT2D eigenvalue weighted by molar-refractivity contribution is 5.74. The van der Waals surface area contributed by atoms with Gasteiger partial charge in [-0.25, -0.2) is 4.79 Å². The average Bonchev–Trinajstić information content (AvgIpc) is 2.41. The summed E-state index contributed by atoms with van der Waals surface area (Å²) in [6.45, 7) is 6.18. The third-order valence-electron chi connectivity index (χ3n) is 2.86. The lowest BCUT2D eigenvalue weighted by Gasteiger charge is -2.18. The van der Waals surface area contributed by atoms with Gasteiger partial charge in [-0.05, 0) is 39.3 Å². The molecule has 0 aliphatic carbocycles. The lowest BCUT2D eigenvalue weighted by molar-refractivity contribution is 0.234. The summed E-state index contributed by atoms with van der Waals surface area (Å²) in [6.07, 6.45) is 2.96. The highest BCUT2D eigenvalue weighted by Gasteiger charge is 2.09. The smallest absolute Gasteiger partial charge is 0.315 e. The molecule has 0 saturated carbocycles. The number of nitrogens with two attached hydrogens (primary N) is 1. The maximum absolute atomic E-state index is 11.7. The first kappa shape index (κ1) is 18.4. The summed E-state index contributed by atoms with van der Waals surface area (Å²) in [7, 11) is 1.50. The molecule has 0 bridgehead atoms. The lowest BCUT2D eigenvalue weighted by atomic mass is 10.1. The van der Waals surface area contributed by atoms with Crippen LogP contribution in [0.4, 0.5) is 4.79 Å². The first-order valence-electron chi connectivity index (χ1n) is 7.30. The number of urea groups is 1. The van der Waals surface area contributed by atoms with Gasteiger partial charge in [-0.1, -0.05) is 43.7 Å². The summed E-state index contributed by atoms with van der Waals surface area (Å²) < 4.78 is 0. The molecule has 0 radical (unpaired) electrons. The van der Waals surface area contributed by atoms with E-state index in [0.717, 1.165) is 19.3 Å². The van der Waals surface area contributed by atoms with E-state index in [4.69, 9.17) is 0 Å². The van der Waals surface area contributed by atoms with Gasteiger partial charge in [0.15, 0.2) is 0 Å². The zero-order valence-electron chi connectivity index (χ0n) is 13.1. The number of amides is 2. The van der Waals surface area contributed by atoms with Crippen molar-refractivity contribution in [1.29, 1.82) is 0 Å². The molecule has 0 fully saturated rings. The third-order valence-corrected chi connectivity index (χ3v) is 2.86. The topological polar surface area (TPSA) is 67.2 Å². The Labute approximate surface area is 123 Å². The molecular formula is C16H29N3O. The molecule has 0 aromatic heterocycles. The summed E-state index contributed by atoms with van der Waals surface area (Å²) in [6, 6.07) is 10.5. The van der Waals surface area contributed by atoms with Crippen LogP contribution in [0, 0.1) is 0 Å². The summed E-state index contributed by atoms with van der Waals surface area (Å²) in [5.74, 6) is 0. The van der Waals surface area contributed by atoms with Crippen LogP contribution in [-0.4, -0.2) is 25.2 Å². The second kappa shape index (κ2) is 11.3. The summed E-state index contributed by atoms with van der Waals surface area (Å²) in [5.41, 5.74) is 5.74. The summed E-state index contributed by atoms with van der Waals surface area (Å²) in [4.78, 5) is 11.7. The van der Waals surface area contributed by atoms with Crippen molar-refractivity contribution in [1.82, 2.24) is 10.6 Å². The second-order valence-electron chi connectivity index (χ2n) is 4.90. The van der Waals surface area contributed by atoms with Gasteiger partial charge >= 0.3 is 6.03 Å². The molecule has 4 nitrogen and oxygen atoms in total. The van der Waals surface area contributed by atoms with Crippen molar-refractivity contribution < 1.29 is 4.79 Å². The Kier molecular flexibility index (Phi) is 10.4. The van der Waals surface area contributed by atoms with Gasteiger partial charge in [-0.15, -0.1) is 0 Å². The maximum Gasteiger partial charge on any atom is 0.315 e. The molecule has 2 amide bonds. The normalized spacial score (nSPS) is 12.7. The minimum atomic E-state index is -0.0700. The van der Waals surface area contributed by atoms with Crippen molar-refractivity contribution in [3.63, 3.8) is 0 Å². The fourth-order valence-corrected chi connectivity index (χ4v) is 2.01. The monoisotopic (exact) mass is 279 g/mol. The van der Waals surface area contributed by atoms with Crippen LogP contribution in [0.3, 0.4) is 0 Å². The van der Waals surface area contributed by atoms with E-state index in [-0.39, 0.29) is 18.1 Å². The molecule has 0 spiro atoms. The van der Waals surface area contributed by atoms with E-state index >= 15 is 0 Å². The highest BCUT2D eigenvalue weighted by atomic mass is 16.2. The van der Waals surface area contributed by atoms with E-state index < -0.39 is 0 Å². The predicted octanol–water partition coefficient (Wildman–Crippen LogP) is 2.68. The number of carbonyl (C=O) groups excluding carboxylic acids is 1. The molecule has 4 N–H and O–H groups in total. The van der Waals surface area contributed by atoms with Gasteiger partial charge in [0.2, 0.25) is 0 Å². The highest BCUT2D eigenvalue weighted by Crippen LogP contribution is 2.02. The lowest BCUT2D eigenvalue weighted by Crippen LogP contribution is -2.45. The van der Waals surface area contributed by atoms with E-state index in [9.17, 15) is 4.79 Å². The van der Waals surface area contributed by atoms with Gasteiger partial charge in [-0.2, -0.15) is 0 Å². The number of nitrogens with one attached hydrogen (secondary N) is 2. The Bertz CT molecular complexity index is 354. The van der Waals surface area contributed by atoms with Crippen LogP contribution >= 0.6 is 0 Å². The number of benzene rings is 1.